The summed E-state index contributed by atoms with van der Waals surface area (Å²) in [6, 6.07) is 4.05. The Morgan fingerprint density at radius 1 is 1.57 bits per heavy atom. The van der Waals surface area contributed by atoms with Crippen LogP contribution in [0.2, 0.25) is 0 Å². The van der Waals surface area contributed by atoms with Gasteiger partial charge in [0, 0.05) is 25.1 Å². The van der Waals surface area contributed by atoms with E-state index in [2.05, 4.69) is 17.3 Å². The molecule has 0 aliphatic carbocycles. The fourth-order valence-corrected chi connectivity index (χ4v) is 2.82. The molecule has 0 spiro atoms. The first-order valence-corrected chi connectivity index (χ1v) is 8.10. The zero-order chi connectivity index (χ0) is 16.7. The number of ether oxygens (including phenoxy) is 1. The first-order chi connectivity index (χ1) is 11.2. The molecular formula is C16H24N5O2+. The Kier molecular flexibility index (Phi) is 6.18. The number of rotatable bonds is 6. The Labute approximate surface area is 136 Å². The maximum Gasteiger partial charge on any atom is 0.350 e. The molecule has 2 rings (SSSR count). The zero-order valence-electron chi connectivity index (χ0n) is 13.7. The second-order valence-electron chi connectivity index (χ2n) is 5.53. The number of carbonyl (C=O) groups is 1. The van der Waals surface area contributed by atoms with E-state index in [1.54, 1.807) is 18.0 Å². The molecule has 1 fully saturated rings. The van der Waals surface area contributed by atoms with E-state index in [9.17, 15) is 4.79 Å². The Bertz CT molecular complexity index is 594. The number of esters is 1. The van der Waals surface area contributed by atoms with Gasteiger partial charge in [-0.3, -0.25) is 0 Å². The lowest BCUT2D eigenvalue weighted by molar-refractivity contribution is -0.904. The molecule has 0 amide bonds. The van der Waals surface area contributed by atoms with Crippen molar-refractivity contribution < 1.29 is 14.4 Å². The number of anilines is 1. The standard InChI is InChI=1S/C16H23N5O2/c1-3-20-9-6-14(7-10-20)21-15(5-8-19-21)18-12-13(11-17)16(22)23-4-2/h5,8,12,14,18H,3-4,6-7,9-10H2,1-2H3/p+1/b13-12+. The molecule has 7 nitrogen and oxygen atoms in total. The van der Waals surface area contributed by atoms with Crippen molar-refractivity contribution in [2.75, 3.05) is 31.6 Å². The summed E-state index contributed by atoms with van der Waals surface area (Å²) in [6.07, 6.45) is 5.27. The van der Waals surface area contributed by atoms with E-state index >= 15 is 0 Å². The van der Waals surface area contributed by atoms with E-state index in [0.29, 0.717) is 6.04 Å². The van der Waals surface area contributed by atoms with Crippen LogP contribution >= 0.6 is 0 Å². The molecule has 0 saturated carbocycles. The molecule has 1 saturated heterocycles. The molecule has 0 bridgehead atoms. The van der Waals surface area contributed by atoms with Gasteiger partial charge in [-0.1, -0.05) is 0 Å². The lowest BCUT2D eigenvalue weighted by Gasteiger charge is -2.29. The van der Waals surface area contributed by atoms with Crippen molar-refractivity contribution in [2.45, 2.75) is 32.7 Å². The van der Waals surface area contributed by atoms with Crippen LogP contribution in [-0.4, -0.2) is 42.0 Å². The summed E-state index contributed by atoms with van der Waals surface area (Å²) in [4.78, 5) is 13.2. The average molecular weight is 318 g/mol. The first-order valence-electron chi connectivity index (χ1n) is 8.10. The molecule has 0 unspecified atom stereocenters. The number of aromatic nitrogens is 2. The summed E-state index contributed by atoms with van der Waals surface area (Å²) in [5.41, 5.74) is -0.0511. The van der Waals surface area contributed by atoms with E-state index in [4.69, 9.17) is 10.00 Å². The highest BCUT2D eigenvalue weighted by atomic mass is 16.5. The lowest BCUT2D eigenvalue weighted by Crippen LogP contribution is -3.12. The van der Waals surface area contributed by atoms with Crippen LogP contribution in [0.5, 0.6) is 0 Å². The molecule has 1 aromatic rings. The number of nitriles is 1. The fourth-order valence-electron chi connectivity index (χ4n) is 2.82. The van der Waals surface area contributed by atoms with Crippen LogP contribution < -0.4 is 10.2 Å². The molecule has 1 aliphatic heterocycles. The van der Waals surface area contributed by atoms with Crippen LogP contribution in [0.1, 0.15) is 32.7 Å². The minimum Gasteiger partial charge on any atom is -0.462 e. The minimum atomic E-state index is -0.617. The largest absolute Gasteiger partial charge is 0.462 e. The summed E-state index contributed by atoms with van der Waals surface area (Å²) in [7, 11) is 0. The van der Waals surface area contributed by atoms with E-state index in [0.717, 1.165) is 38.3 Å². The van der Waals surface area contributed by atoms with Gasteiger partial charge in [-0.15, -0.1) is 0 Å². The number of nitrogens with one attached hydrogen (secondary N) is 2. The van der Waals surface area contributed by atoms with Crippen LogP contribution in [-0.2, 0) is 9.53 Å². The lowest BCUT2D eigenvalue weighted by atomic mass is 10.1. The number of quaternary nitrogens is 1. The molecule has 7 heteroatoms. The molecule has 0 aromatic carbocycles. The Morgan fingerprint density at radius 3 is 2.91 bits per heavy atom. The third-order valence-corrected chi connectivity index (χ3v) is 4.16. The van der Waals surface area contributed by atoms with Gasteiger partial charge in [0.2, 0.25) is 0 Å². The van der Waals surface area contributed by atoms with Crippen molar-refractivity contribution in [3.05, 3.63) is 24.0 Å². The number of piperidine rings is 1. The van der Waals surface area contributed by atoms with Crippen LogP contribution in [0.3, 0.4) is 0 Å². The third kappa shape index (κ3) is 4.33. The summed E-state index contributed by atoms with van der Waals surface area (Å²) in [6.45, 7) is 7.60. The topological polar surface area (TPSA) is 84.4 Å². The molecule has 1 aromatic heterocycles. The van der Waals surface area contributed by atoms with Crippen molar-refractivity contribution in [1.82, 2.24) is 9.78 Å². The molecule has 1 aliphatic rings. The predicted octanol–water partition coefficient (Wildman–Crippen LogP) is 0.505. The number of hydrogen-bond donors (Lipinski definition) is 2. The first kappa shape index (κ1) is 17.0. The molecule has 124 valence electrons. The van der Waals surface area contributed by atoms with Gasteiger partial charge >= 0.3 is 5.97 Å². The highest BCUT2D eigenvalue weighted by Gasteiger charge is 2.24. The average Bonchev–Trinajstić information content (AvgIpc) is 3.04. The fraction of sp³-hybridized carbons (Fsp3) is 0.562. The highest BCUT2D eigenvalue weighted by molar-refractivity contribution is 5.93. The quantitative estimate of drug-likeness (QED) is 0.453. The van der Waals surface area contributed by atoms with E-state index in [1.807, 2.05) is 16.8 Å². The van der Waals surface area contributed by atoms with Gasteiger partial charge in [0.15, 0.2) is 5.57 Å². The van der Waals surface area contributed by atoms with Crippen molar-refractivity contribution in [2.24, 2.45) is 0 Å². The van der Waals surface area contributed by atoms with Gasteiger partial charge in [0.25, 0.3) is 0 Å². The Hall–Kier alpha value is -2.33. The van der Waals surface area contributed by atoms with Crippen molar-refractivity contribution >= 4 is 11.8 Å². The van der Waals surface area contributed by atoms with Crippen LogP contribution in [0, 0.1) is 11.3 Å². The second kappa shape index (κ2) is 8.34. The van der Waals surface area contributed by atoms with Gasteiger partial charge in [0.1, 0.15) is 11.9 Å². The van der Waals surface area contributed by atoms with Crippen molar-refractivity contribution in [3.63, 3.8) is 0 Å². The summed E-state index contributed by atoms with van der Waals surface area (Å²) in [5.74, 6) is 0.167. The molecule has 2 N–H and O–H groups in total. The molecule has 2 heterocycles. The van der Waals surface area contributed by atoms with E-state index < -0.39 is 5.97 Å². The molecular weight excluding hydrogens is 294 g/mol. The van der Waals surface area contributed by atoms with Crippen LogP contribution in [0.4, 0.5) is 5.82 Å². The van der Waals surface area contributed by atoms with Gasteiger partial charge in [0.05, 0.1) is 38.5 Å². The number of likely N-dealkylation sites (tertiary alicyclic amines) is 1. The summed E-state index contributed by atoms with van der Waals surface area (Å²) in [5, 5.41) is 16.4. The Balaban J connectivity index is 2.04. The van der Waals surface area contributed by atoms with Crippen molar-refractivity contribution in [3.8, 4) is 6.07 Å². The smallest absolute Gasteiger partial charge is 0.350 e. The van der Waals surface area contributed by atoms with Crippen LogP contribution in [0.15, 0.2) is 24.0 Å². The summed E-state index contributed by atoms with van der Waals surface area (Å²) < 4.78 is 6.79. The summed E-state index contributed by atoms with van der Waals surface area (Å²) >= 11 is 0. The second-order valence-corrected chi connectivity index (χ2v) is 5.53. The van der Waals surface area contributed by atoms with E-state index in [1.165, 1.54) is 6.20 Å². The van der Waals surface area contributed by atoms with Crippen molar-refractivity contribution in [1.29, 1.82) is 5.26 Å². The van der Waals surface area contributed by atoms with Gasteiger partial charge in [-0.05, 0) is 13.8 Å². The SMILES string of the molecule is CCOC(=O)/C(C#N)=C/Nc1ccnn1C1CC[NH+](CC)CC1. The van der Waals surface area contributed by atoms with Crippen LogP contribution in [0.25, 0.3) is 0 Å². The minimum absolute atomic E-state index is 0.0511. The maximum absolute atomic E-state index is 11.6. The highest BCUT2D eigenvalue weighted by Crippen LogP contribution is 2.21. The van der Waals surface area contributed by atoms with E-state index in [-0.39, 0.29) is 12.2 Å². The third-order valence-electron chi connectivity index (χ3n) is 4.16. The monoisotopic (exact) mass is 318 g/mol. The number of hydrogen-bond acceptors (Lipinski definition) is 5. The van der Waals surface area contributed by atoms with Gasteiger partial charge in [-0.2, -0.15) is 10.4 Å². The zero-order valence-corrected chi connectivity index (χ0v) is 13.7. The Morgan fingerprint density at radius 2 is 2.30 bits per heavy atom. The molecule has 0 atom stereocenters. The molecule has 23 heavy (non-hydrogen) atoms. The maximum atomic E-state index is 11.6. The number of carbonyl (C=O) groups excluding carboxylic acids is 1. The molecule has 0 radical (unpaired) electrons. The van der Waals surface area contributed by atoms with Gasteiger partial charge < -0.3 is 15.0 Å². The predicted molar refractivity (Wildman–Crippen MR) is 85.7 cm³/mol. The van der Waals surface area contributed by atoms with Gasteiger partial charge in [-0.25, -0.2) is 9.48 Å². The normalized spacial score (nSPS) is 21.5. The number of nitrogens with zero attached hydrogens (tertiary/aromatic N) is 3.